The van der Waals surface area contributed by atoms with E-state index in [-0.39, 0.29) is 0 Å². The van der Waals surface area contributed by atoms with Crippen molar-refractivity contribution in [2.24, 2.45) is 5.16 Å². The third-order valence-electron chi connectivity index (χ3n) is 1.90. The fraction of sp³-hybridized carbons (Fsp3) is 0.500. The summed E-state index contributed by atoms with van der Waals surface area (Å²) in [5.74, 6) is 0. The summed E-state index contributed by atoms with van der Waals surface area (Å²) in [4.78, 5) is 0. The van der Waals surface area contributed by atoms with Gasteiger partial charge in [-0.2, -0.15) is 5.10 Å². The fourth-order valence-corrected chi connectivity index (χ4v) is 1.35. The molecule has 1 aromatic rings. The Kier molecular flexibility index (Phi) is 1.34. The second-order valence-electron chi connectivity index (χ2n) is 2.57. The molecule has 2 rings (SSSR count). The van der Waals surface area contributed by atoms with Gasteiger partial charge in [0, 0.05) is 11.5 Å². The van der Waals surface area contributed by atoms with Crippen molar-refractivity contribution >= 4 is 5.71 Å². The number of oxime groups is 1. The molecule has 0 unspecified atom stereocenters. The first-order chi connectivity index (χ1) is 5.42. The van der Waals surface area contributed by atoms with Crippen LogP contribution in [0.2, 0.25) is 0 Å². The number of nitrogens with one attached hydrogen (secondary N) is 2. The maximum absolute atomic E-state index is 8.58. The number of aryl methyl sites for hydroxylation is 1. The van der Waals surface area contributed by atoms with E-state index < -0.39 is 0 Å². The molecule has 0 aliphatic heterocycles. The van der Waals surface area contributed by atoms with Gasteiger partial charge in [0.1, 0.15) is 5.71 Å². The van der Waals surface area contributed by atoms with Crippen LogP contribution in [0.25, 0.3) is 0 Å². The second kappa shape index (κ2) is 2.34. The molecule has 5 heteroatoms. The smallest absolute Gasteiger partial charge is 0.227 e. The summed E-state index contributed by atoms with van der Waals surface area (Å²) in [5.41, 5.74) is 2.50. The Balaban J connectivity index is 2.48. The zero-order valence-electron chi connectivity index (χ0n) is 5.96. The van der Waals surface area contributed by atoms with Crippen LogP contribution >= 0.6 is 0 Å². The van der Waals surface area contributed by atoms with Gasteiger partial charge in [-0.3, -0.25) is 0 Å². The summed E-state index contributed by atoms with van der Waals surface area (Å²) >= 11 is 0. The van der Waals surface area contributed by atoms with Crippen molar-refractivity contribution in [3.63, 3.8) is 0 Å². The van der Waals surface area contributed by atoms with Gasteiger partial charge in [-0.05, 0) is 12.8 Å². The van der Waals surface area contributed by atoms with E-state index in [0.29, 0.717) is 5.71 Å². The summed E-state index contributed by atoms with van der Waals surface area (Å²) in [6, 6.07) is 0. The molecule has 0 bridgehead atoms. The van der Waals surface area contributed by atoms with Crippen molar-refractivity contribution in [1.82, 2.24) is 10.3 Å². The molecule has 1 heterocycles. The Morgan fingerprint density at radius 3 is 3.27 bits per heavy atom. The largest absolute Gasteiger partial charge is 0.411 e. The van der Waals surface area contributed by atoms with Crippen molar-refractivity contribution in [2.45, 2.75) is 19.3 Å². The van der Waals surface area contributed by atoms with E-state index in [1.807, 2.05) is 0 Å². The second-order valence-corrected chi connectivity index (χ2v) is 2.57. The van der Waals surface area contributed by atoms with Crippen molar-refractivity contribution < 1.29 is 10.3 Å². The summed E-state index contributed by atoms with van der Waals surface area (Å²) in [5, 5.41) is 21.2. The molecule has 0 radical (unpaired) electrons. The summed E-state index contributed by atoms with van der Waals surface area (Å²) in [6.07, 6.45) is 2.78. The average Bonchev–Trinajstić information content (AvgIpc) is 2.50. The third kappa shape index (κ3) is 0.886. The first-order valence-electron chi connectivity index (χ1n) is 3.58. The lowest BCUT2D eigenvalue weighted by atomic mass is 9.99. The Labute approximate surface area is 63.1 Å². The Hall–Kier alpha value is -1.39. The lowest BCUT2D eigenvalue weighted by molar-refractivity contribution is -0.457. The molecular formula is C6H9N4O+. The molecule has 58 valence electrons. The van der Waals surface area contributed by atoms with E-state index >= 15 is 0 Å². The van der Waals surface area contributed by atoms with Gasteiger partial charge < -0.3 is 5.21 Å². The molecule has 1 aliphatic rings. The maximum atomic E-state index is 8.58. The zero-order valence-corrected chi connectivity index (χ0v) is 5.96. The van der Waals surface area contributed by atoms with Gasteiger partial charge in [0.25, 0.3) is 0 Å². The van der Waals surface area contributed by atoms with E-state index in [4.69, 9.17) is 5.21 Å². The Bertz CT molecular complexity index is 291. The van der Waals surface area contributed by atoms with Crippen LogP contribution in [-0.4, -0.2) is 21.2 Å². The van der Waals surface area contributed by atoms with E-state index in [1.165, 1.54) is 0 Å². The van der Waals surface area contributed by atoms with Gasteiger partial charge in [0.15, 0.2) is 0 Å². The highest BCUT2D eigenvalue weighted by atomic mass is 16.4. The SMILES string of the molecule is ON=C1CCCc2n[nH][nH+]c21. The van der Waals surface area contributed by atoms with Crippen LogP contribution in [0.5, 0.6) is 0 Å². The van der Waals surface area contributed by atoms with Gasteiger partial charge in [-0.15, -0.1) is 0 Å². The molecule has 11 heavy (non-hydrogen) atoms. The highest BCUT2D eigenvalue weighted by molar-refractivity contribution is 5.98. The van der Waals surface area contributed by atoms with Gasteiger partial charge in [-0.1, -0.05) is 10.4 Å². The van der Waals surface area contributed by atoms with Crippen LogP contribution < -0.4 is 5.10 Å². The van der Waals surface area contributed by atoms with E-state index in [9.17, 15) is 0 Å². The highest BCUT2D eigenvalue weighted by Gasteiger charge is 2.25. The average molecular weight is 153 g/mol. The quantitative estimate of drug-likeness (QED) is 0.398. The van der Waals surface area contributed by atoms with Crippen molar-refractivity contribution in [3.8, 4) is 0 Å². The normalized spacial score (nSPS) is 20.2. The topological polar surface area (TPSA) is 75.4 Å². The number of hydrogen-bond acceptors (Lipinski definition) is 3. The van der Waals surface area contributed by atoms with Crippen LogP contribution in [0.15, 0.2) is 5.16 Å². The van der Waals surface area contributed by atoms with Crippen LogP contribution in [0.4, 0.5) is 0 Å². The van der Waals surface area contributed by atoms with E-state index in [1.54, 1.807) is 0 Å². The molecule has 0 saturated carbocycles. The van der Waals surface area contributed by atoms with Crippen LogP contribution in [-0.2, 0) is 6.42 Å². The highest BCUT2D eigenvalue weighted by Crippen LogP contribution is 2.14. The molecule has 0 fully saturated rings. The molecule has 0 aromatic carbocycles. The maximum Gasteiger partial charge on any atom is 0.227 e. The van der Waals surface area contributed by atoms with Crippen LogP contribution in [0.1, 0.15) is 24.2 Å². The van der Waals surface area contributed by atoms with E-state index in [0.717, 1.165) is 30.7 Å². The minimum Gasteiger partial charge on any atom is -0.411 e. The predicted octanol–water partition coefficient (Wildman–Crippen LogP) is -0.262. The van der Waals surface area contributed by atoms with Crippen LogP contribution in [0.3, 0.4) is 0 Å². The van der Waals surface area contributed by atoms with Gasteiger partial charge in [0.05, 0.1) is 0 Å². The fourth-order valence-electron chi connectivity index (χ4n) is 1.35. The van der Waals surface area contributed by atoms with Crippen molar-refractivity contribution in [2.75, 3.05) is 0 Å². The Morgan fingerprint density at radius 2 is 2.45 bits per heavy atom. The number of hydrogen-bond donors (Lipinski definition) is 2. The number of nitrogens with zero attached hydrogens (tertiary/aromatic N) is 2. The first kappa shape index (κ1) is 6.33. The molecule has 0 amide bonds. The molecule has 1 aromatic heterocycles. The van der Waals surface area contributed by atoms with Crippen molar-refractivity contribution in [3.05, 3.63) is 11.4 Å². The van der Waals surface area contributed by atoms with E-state index in [2.05, 4.69) is 20.6 Å². The third-order valence-corrected chi connectivity index (χ3v) is 1.90. The summed E-state index contributed by atoms with van der Waals surface area (Å²) < 4.78 is 0. The molecule has 1 aliphatic carbocycles. The molecule has 3 N–H and O–H groups in total. The minimum absolute atomic E-state index is 0.694. The number of fused-ring (bicyclic) bond motifs is 1. The first-order valence-corrected chi connectivity index (χ1v) is 3.58. The Morgan fingerprint density at radius 1 is 1.55 bits per heavy atom. The van der Waals surface area contributed by atoms with Crippen LogP contribution in [0, 0.1) is 0 Å². The minimum atomic E-state index is 0.694. The standard InChI is InChI=1S/C6H8N4O/c11-9-5-3-1-2-4-6(5)8-10-7-4/h11H,1-3H2,(H,7,8,10)/p+1. The van der Waals surface area contributed by atoms with Gasteiger partial charge in [-0.25, -0.2) is 0 Å². The van der Waals surface area contributed by atoms with Gasteiger partial charge in [0.2, 0.25) is 11.4 Å². The molecule has 5 nitrogen and oxygen atoms in total. The molecule has 0 saturated heterocycles. The lowest BCUT2D eigenvalue weighted by Crippen LogP contribution is -2.20. The number of aromatic amines is 2. The lowest BCUT2D eigenvalue weighted by Gasteiger charge is -2.03. The van der Waals surface area contributed by atoms with Gasteiger partial charge >= 0.3 is 0 Å². The molecule has 0 atom stereocenters. The predicted molar refractivity (Wildman–Crippen MR) is 36.4 cm³/mol. The number of aromatic nitrogens is 3. The summed E-state index contributed by atoms with van der Waals surface area (Å²) in [7, 11) is 0. The van der Waals surface area contributed by atoms with Crippen molar-refractivity contribution in [1.29, 1.82) is 0 Å². The molecular weight excluding hydrogens is 144 g/mol. The number of rotatable bonds is 0. The molecule has 0 spiro atoms. The monoisotopic (exact) mass is 153 g/mol. The zero-order chi connectivity index (χ0) is 7.68. The summed E-state index contributed by atoms with van der Waals surface area (Å²) in [6.45, 7) is 0. The number of H-pyrrole nitrogens is 2.